The molecule has 2 aromatic carbocycles. The highest BCUT2D eigenvalue weighted by Gasteiger charge is 2.06. The van der Waals surface area contributed by atoms with Crippen molar-refractivity contribution in [1.82, 2.24) is 14.4 Å². The van der Waals surface area contributed by atoms with E-state index in [9.17, 15) is 4.79 Å². The number of aromatic nitrogens is 3. The minimum atomic E-state index is -0.295. The lowest BCUT2D eigenvalue weighted by Gasteiger charge is -2.06. The van der Waals surface area contributed by atoms with E-state index < -0.39 is 0 Å². The van der Waals surface area contributed by atoms with Crippen molar-refractivity contribution >= 4 is 28.2 Å². The SMILES string of the molecule is O=c1nc(SCc2cccc3ccccc23)nc2ccccn12. The predicted molar refractivity (Wildman–Crippen MR) is 92.8 cm³/mol. The Morgan fingerprint density at radius 3 is 2.70 bits per heavy atom. The van der Waals surface area contributed by atoms with Crippen LogP contribution >= 0.6 is 11.8 Å². The maximum absolute atomic E-state index is 12.0. The fraction of sp³-hybridized carbons (Fsp3) is 0.0556. The number of hydrogen-bond acceptors (Lipinski definition) is 4. The van der Waals surface area contributed by atoms with E-state index in [4.69, 9.17) is 0 Å². The van der Waals surface area contributed by atoms with Gasteiger partial charge < -0.3 is 0 Å². The van der Waals surface area contributed by atoms with Gasteiger partial charge in [0, 0.05) is 11.9 Å². The summed E-state index contributed by atoms with van der Waals surface area (Å²) in [5.41, 5.74) is 1.54. The summed E-state index contributed by atoms with van der Waals surface area (Å²) in [6.07, 6.45) is 1.68. The van der Waals surface area contributed by atoms with Crippen molar-refractivity contribution in [2.75, 3.05) is 0 Å². The van der Waals surface area contributed by atoms with E-state index in [1.165, 1.54) is 32.5 Å². The molecule has 0 bridgehead atoms. The monoisotopic (exact) mass is 319 g/mol. The second-order valence-electron chi connectivity index (χ2n) is 5.14. The maximum atomic E-state index is 12.0. The van der Waals surface area contributed by atoms with Crippen LogP contribution in [0.5, 0.6) is 0 Å². The van der Waals surface area contributed by atoms with Gasteiger partial charge in [0.1, 0.15) is 5.65 Å². The number of pyridine rings is 1. The topological polar surface area (TPSA) is 47.3 Å². The molecule has 112 valence electrons. The summed E-state index contributed by atoms with van der Waals surface area (Å²) in [7, 11) is 0. The molecule has 0 radical (unpaired) electrons. The molecule has 4 aromatic rings. The average molecular weight is 319 g/mol. The first-order chi connectivity index (χ1) is 11.3. The van der Waals surface area contributed by atoms with E-state index in [1.54, 1.807) is 12.3 Å². The van der Waals surface area contributed by atoms with Crippen LogP contribution in [-0.4, -0.2) is 14.4 Å². The maximum Gasteiger partial charge on any atom is 0.355 e. The Labute approximate surface area is 136 Å². The van der Waals surface area contributed by atoms with Gasteiger partial charge in [0.25, 0.3) is 0 Å². The minimum absolute atomic E-state index is 0.295. The fourth-order valence-electron chi connectivity index (χ4n) is 2.57. The molecular formula is C18H13N3OS. The van der Waals surface area contributed by atoms with Crippen LogP contribution in [0.4, 0.5) is 0 Å². The lowest BCUT2D eigenvalue weighted by molar-refractivity contribution is 0.847. The van der Waals surface area contributed by atoms with Crippen molar-refractivity contribution in [3.63, 3.8) is 0 Å². The Kier molecular flexibility index (Phi) is 3.55. The molecule has 0 fully saturated rings. The van der Waals surface area contributed by atoms with Crippen molar-refractivity contribution in [2.45, 2.75) is 10.9 Å². The van der Waals surface area contributed by atoms with Gasteiger partial charge in [-0.05, 0) is 28.5 Å². The zero-order valence-electron chi connectivity index (χ0n) is 12.2. The van der Waals surface area contributed by atoms with Crippen LogP contribution < -0.4 is 5.69 Å². The molecule has 2 heterocycles. The third kappa shape index (κ3) is 2.71. The van der Waals surface area contributed by atoms with Crippen molar-refractivity contribution in [3.05, 3.63) is 82.9 Å². The second-order valence-corrected chi connectivity index (χ2v) is 6.09. The lowest BCUT2D eigenvalue weighted by Crippen LogP contribution is -2.18. The van der Waals surface area contributed by atoms with Crippen LogP contribution in [0, 0.1) is 0 Å². The molecule has 0 atom stereocenters. The molecule has 0 unspecified atom stereocenters. The van der Waals surface area contributed by atoms with Crippen LogP contribution in [-0.2, 0) is 5.75 Å². The van der Waals surface area contributed by atoms with Gasteiger partial charge in [0.15, 0.2) is 5.16 Å². The highest BCUT2D eigenvalue weighted by molar-refractivity contribution is 7.98. The van der Waals surface area contributed by atoms with Gasteiger partial charge in [0.2, 0.25) is 0 Å². The summed E-state index contributed by atoms with van der Waals surface area (Å²) in [6.45, 7) is 0. The zero-order chi connectivity index (χ0) is 15.6. The number of hydrogen-bond donors (Lipinski definition) is 0. The average Bonchev–Trinajstić information content (AvgIpc) is 2.60. The fourth-order valence-corrected chi connectivity index (χ4v) is 3.41. The molecule has 4 nitrogen and oxygen atoms in total. The van der Waals surface area contributed by atoms with Crippen LogP contribution in [0.1, 0.15) is 5.56 Å². The molecular weight excluding hydrogens is 306 g/mol. The first kappa shape index (κ1) is 14.0. The Bertz CT molecular complexity index is 1050. The van der Waals surface area contributed by atoms with Gasteiger partial charge in [-0.2, -0.15) is 4.98 Å². The van der Waals surface area contributed by atoms with Gasteiger partial charge >= 0.3 is 5.69 Å². The summed E-state index contributed by atoms with van der Waals surface area (Å²) in [4.78, 5) is 20.5. The third-order valence-corrected chi connectivity index (χ3v) is 4.58. The minimum Gasteiger partial charge on any atom is -0.251 e. The van der Waals surface area contributed by atoms with Crippen molar-refractivity contribution in [3.8, 4) is 0 Å². The Hall–Kier alpha value is -2.66. The molecule has 5 heteroatoms. The number of thioether (sulfide) groups is 1. The van der Waals surface area contributed by atoms with Crippen LogP contribution in [0.2, 0.25) is 0 Å². The predicted octanol–water partition coefficient (Wildman–Crippen LogP) is 3.54. The molecule has 0 spiro atoms. The molecule has 0 amide bonds. The first-order valence-corrected chi connectivity index (χ1v) is 8.25. The molecule has 0 saturated carbocycles. The van der Waals surface area contributed by atoms with Gasteiger partial charge in [0.05, 0.1) is 0 Å². The standard InChI is InChI=1S/C18H13N3OS/c22-18-20-17(19-16-10-3-4-11-21(16)18)23-12-14-8-5-7-13-6-1-2-9-15(13)14/h1-11H,12H2. The van der Waals surface area contributed by atoms with Crippen molar-refractivity contribution in [1.29, 1.82) is 0 Å². The molecule has 4 rings (SSSR count). The zero-order valence-corrected chi connectivity index (χ0v) is 13.0. The summed E-state index contributed by atoms with van der Waals surface area (Å²) < 4.78 is 1.45. The lowest BCUT2D eigenvalue weighted by atomic mass is 10.1. The van der Waals surface area contributed by atoms with Crippen LogP contribution in [0.25, 0.3) is 16.4 Å². The van der Waals surface area contributed by atoms with E-state index in [1.807, 2.05) is 30.3 Å². The molecule has 0 N–H and O–H groups in total. The largest absolute Gasteiger partial charge is 0.355 e. The number of nitrogens with zero attached hydrogens (tertiary/aromatic N) is 3. The summed E-state index contributed by atoms with van der Waals surface area (Å²) in [6, 6.07) is 20.0. The Balaban J connectivity index is 1.67. The van der Waals surface area contributed by atoms with E-state index in [-0.39, 0.29) is 5.69 Å². The molecule has 0 aliphatic carbocycles. The second kappa shape index (κ2) is 5.85. The molecule has 0 aliphatic rings. The van der Waals surface area contributed by atoms with Gasteiger partial charge in [-0.3, -0.25) is 4.40 Å². The van der Waals surface area contributed by atoms with Crippen LogP contribution in [0.3, 0.4) is 0 Å². The van der Waals surface area contributed by atoms with Gasteiger partial charge in [-0.15, -0.1) is 0 Å². The van der Waals surface area contributed by atoms with Crippen molar-refractivity contribution < 1.29 is 0 Å². The third-order valence-electron chi connectivity index (χ3n) is 3.68. The summed E-state index contributed by atoms with van der Waals surface area (Å²) in [5.74, 6) is 0.726. The summed E-state index contributed by atoms with van der Waals surface area (Å²) >= 11 is 1.48. The van der Waals surface area contributed by atoms with E-state index in [0.717, 1.165) is 5.75 Å². The number of fused-ring (bicyclic) bond motifs is 2. The normalized spacial score (nSPS) is 11.1. The Morgan fingerprint density at radius 1 is 0.913 bits per heavy atom. The Morgan fingerprint density at radius 2 is 1.74 bits per heavy atom. The molecule has 0 saturated heterocycles. The van der Waals surface area contributed by atoms with Gasteiger partial charge in [-0.25, -0.2) is 9.78 Å². The van der Waals surface area contributed by atoms with E-state index in [0.29, 0.717) is 10.8 Å². The smallest absolute Gasteiger partial charge is 0.251 e. The van der Waals surface area contributed by atoms with Crippen molar-refractivity contribution in [2.24, 2.45) is 0 Å². The number of benzene rings is 2. The number of rotatable bonds is 3. The first-order valence-electron chi connectivity index (χ1n) is 7.26. The highest BCUT2D eigenvalue weighted by atomic mass is 32.2. The van der Waals surface area contributed by atoms with Gasteiger partial charge in [-0.1, -0.05) is 60.3 Å². The quantitative estimate of drug-likeness (QED) is 0.542. The van der Waals surface area contributed by atoms with E-state index >= 15 is 0 Å². The molecule has 23 heavy (non-hydrogen) atoms. The van der Waals surface area contributed by atoms with Crippen LogP contribution in [0.15, 0.2) is 76.8 Å². The van der Waals surface area contributed by atoms with E-state index in [2.05, 4.69) is 34.2 Å². The highest BCUT2D eigenvalue weighted by Crippen LogP contribution is 2.25. The summed E-state index contributed by atoms with van der Waals surface area (Å²) in [5, 5.41) is 2.94. The molecule has 0 aliphatic heterocycles. The molecule has 2 aromatic heterocycles.